The second kappa shape index (κ2) is 7.40. The highest BCUT2D eigenvalue weighted by Crippen LogP contribution is 2.25. The van der Waals surface area contributed by atoms with E-state index in [1.54, 1.807) is 6.07 Å². The molecule has 0 spiro atoms. The fraction of sp³-hybridized carbons (Fsp3) is 0.429. The lowest BCUT2D eigenvalue weighted by molar-refractivity contribution is -0.125. The van der Waals surface area contributed by atoms with E-state index in [0.717, 1.165) is 10.0 Å². The number of nitrogens with one attached hydrogen (secondary N) is 2. The first-order valence-electron chi connectivity index (χ1n) is 6.41. The van der Waals surface area contributed by atoms with Gasteiger partial charge in [-0.15, -0.1) is 0 Å². The fourth-order valence-corrected chi connectivity index (χ4v) is 1.89. The zero-order valence-electron chi connectivity index (χ0n) is 11.9. The van der Waals surface area contributed by atoms with Crippen molar-refractivity contribution in [3.05, 3.63) is 28.2 Å². The van der Waals surface area contributed by atoms with Crippen LogP contribution in [-0.2, 0) is 9.59 Å². The first-order chi connectivity index (χ1) is 9.32. The number of nitrogens with two attached hydrogens (primary N) is 1. The summed E-state index contributed by atoms with van der Waals surface area (Å²) in [5.74, 6) is -0.581. The highest BCUT2D eigenvalue weighted by atomic mass is 79.9. The summed E-state index contributed by atoms with van der Waals surface area (Å²) in [5.41, 5.74) is 7.39. The lowest BCUT2D eigenvalue weighted by atomic mass is 10.1. The molecule has 0 aliphatic rings. The molecule has 0 saturated heterocycles. The van der Waals surface area contributed by atoms with Crippen LogP contribution in [0.3, 0.4) is 0 Å². The van der Waals surface area contributed by atoms with Gasteiger partial charge in [0.05, 0.1) is 18.3 Å². The van der Waals surface area contributed by atoms with E-state index >= 15 is 0 Å². The minimum atomic E-state index is -0.603. The van der Waals surface area contributed by atoms with Crippen molar-refractivity contribution < 1.29 is 9.59 Å². The third kappa shape index (κ3) is 4.61. The van der Waals surface area contributed by atoms with Gasteiger partial charge in [-0.05, 0) is 40.4 Å². The number of carbonyl (C=O) groups is 2. The SMILES string of the molecule is Cc1cccc(NC(=O)CNC(=O)[C@@H](N)C(C)C)c1Br. The van der Waals surface area contributed by atoms with E-state index in [-0.39, 0.29) is 24.3 Å². The standard InChI is InChI=1S/C14H20BrN3O2/c1-8(2)13(16)14(20)17-7-11(19)18-10-6-4-5-9(3)12(10)15/h4-6,8,13H,7,16H2,1-3H3,(H,17,20)(H,18,19)/t13-/m0/s1. The van der Waals surface area contributed by atoms with Gasteiger partial charge in [0, 0.05) is 4.47 Å². The van der Waals surface area contributed by atoms with Crippen LogP contribution in [0.15, 0.2) is 22.7 Å². The van der Waals surface area contributed by atoms with Crippen LogP contribution >= 0.6 is 15.9 Å². The normalized spacial score (nSPS) is 12.1. The number of hydrogen-bond acceptors (Lipinski definition) is 3. The molecule has 0 aromatic heterocycles. The highest BCUT2D eigenvalue weighted by Gasteiger charge is 2.17. The van der Waals surface area contributed by atoms with Crippen molar-refractivity contribution in [3.63, 3.8) is 0 Å². The maximum atomic E-state index is 11.8. The molecule has 1 aromatic rings. The monoisotopic (exact) mass is 341 g/mol. The predicted molar refractivity (Wildman–Crippen MR) is 83.3 cm³/mol. The number of carbonyl (C=O) groups excluding carboxylic acids is 2. The van der Waals surface area contributed by atoms with Crippen LogP contribution in [0.5, 0.6) is 0 Å². The summed E-state index contributed by atoms with van der Waals surface area (Å²) in [4.78, 5) is 23.4. The minimum absolute atomic E-state index is 0.0315. The number of amides is 2. The van der Waals surface area contributed by atoms with Crippen molar-refractivity contribution in [3.8, 4) is 0 Å². The minimum Gasteiger partial charge on any atom is -0.346 e. The molecule has 0 aliphatic heterocycles. The number of anilines is 1. The Labute approximate surface area is 127 Å². The summed E-state index contributed by atoms with van der Waals surface area (Å²) in [6, 6.07) is 4.97. The maximum absolute atomic E-state index is 11.8. The van der Waals surface area contributed by atoms with Gasteiger partial charge in [-0.1, -0.05) is 26.0 Å². The molecule has 4 N–H and O–H groups in total. The van der Waals surface area contributed by atoms with E-state index in [4.69, 9.17) is 5.73 Å². The molecule has 0 radical (unpaired) electrons. The van der Waals surface area contributed by atoms with E-state index in [9.17, 15) is 9.59 Å². The number of hydrogen-bond donors (Lipinski definition) is 3. The fourth-order valence-electron chi connectivity index (χ4n) is 1.53. The summed E-state index contributed by atoms with van der Waals surface area (Å²) in [7, 11) is 0. The van der Waals surface area contributed by atoms with E-state index in [1.165, 1.54) is 0 Å². The highest BCUT2D eigenvalue weighted by molar-refractivity contribution is 9.10. The quantitative estimate of drug-likeness (QED) is 0.763. The smallest absolute Gasteiger partial charge is 0.243 e. The van der Waals surface area contributed by atoms with Crippen LogP contribution in [0.2, 0.25) is 0 Å². The molecule has 2 amide bonds. The third-order valence-electron chi connectivity index (χ3n) is 2.91. The van der Waals surface area contributed by atoms with Gasteiger partial charge in [-0.3, -0.25) is 9.59 Å². The van der Waals surface area contributed by atoms with Crippen LogP contribution < -0.4 is 16.4 Å². The molecular formula is C14H20BrN3O2. The maximum Gasteiger partial charge on any atom is 0.243 e. The Morgan fingerprint density at radius 3 is 2.60 bits per heavy atom. The summed E-state index contributed by atoms with van der Waals surface area (Å²) in [5, 5.41) is 5.26. The first-order valence-corrected chi connectivity index (χ1v) is 7.20. The Bertz CT molecular complexity index is 503. The van der Waals surface area contributed by atoms with Crippen molar-refractivity contribution in [1.82, 2.24) is 5.32 Å². The van der Waals surface area contributed by atoms with Gasteiger partial charge >= 0.3 is 0 Å². The van der Waals surface area contributed by atoms with Gasteiger partial charge in [0.1, 0.15) is 0 Å². The van der Waals surface area contributed by atoms with Crippen molar-refractivity contribution in [2.45, 2.75) is 26.8 Å². The summed E-state index contributed by atoms with van der Waals surface area (Å²) < 4.78 is 0.832. The molecule has 5 nitrogen and oxygen atoms in total. The van der Waals surface area contributed by atoms with Crippen molar-refractivity contribution >= 4 is 33.4 Å². The molecule has 6 heteroatoms. The predicted octanol–water partition coefficient (Wildman–Crippen LogP) is 1.80. The second-order valence-electron chi connectivity index (χ2n) is 4.97. The van der Waals surface area contributed by atoms with E-state index in [2.05, 4.69) is 26.6 Å². The van der Waals surface area contributed by atoms with E-state index in [1.807, 2.05) is 32.9 Å². The van der Waals surface area contributed by atoms with Gasteiger partial charge in [0.2, 0.25) is 11.8 Å². The van der Waals surface area contributed by atoms with Gasteiger partial charge in [-0.2, -0.15) is 0 Å². The Morgan fingerprint density at radius 2 is 2.00 bits per heavy atom. The first kappa shape index (κ1) is 16.7. The lowest BCUT2D eigenvalue weighted by Gasteiger charge is -2.15. The average Bonchev–Trinajstić information content (AvgIpc) is 2.40. The Morgan fingerprint density at radius 1 is 1.35 bits per heavy atom. The van der Waals surface area contributed by atoms with E-state index in [0.29, 0.717) is 5.69 Å². The van der Waals surface area contributed by atoms with Crippen LogP contribution in [0, 0.1) is 12.8 Å². The molecule has 0 unspecified atom stereocenters. The zero-order chi connectivity index (χ0) is 15.3. The third-order valence-corrected chi connectivity index (χ3v) is 3.96. The summed E-state index contributed by atoms with van der Waals surface area (Å²) >= 11 is 3.41. The summed E-state index contributed by atoms with van der Waals surface area (Å²) in [6.07, 6.45) is 0. The van der Waals surface area contributed by atoms with Gasteiger partial charge in [-0.25, -0.2) is 0 Å². The van der Waals surface area contributed by atoms with Gasteiger partial charge in [0.15, 0.2) is 0 Å². The van der Waals surface area contributed by atoms with Crippen molar-refractivity contribution in [2.75, 3.05) is 11.9 Å². The van der Waals surface area contributed by atoms with Gasteiger partial charge < -0.3 is 16.4 Å². The zero-order valence-corrected chi connectivity index (χ0v) is 13.5. The number of benzene rings is 1. The Kier molecular flexibility index (Phi) is 6.16. The Balaban J connectivity index is 2.53. The van der Waals surface area contributed by atoms with Crippen LogP contribution in [0.4, 0.5) is 5.69 Å². The second-order valence-corrected chi connectivity index (χ2v) is 5.77. The van der Waals surface area contributed by atoms with Gasteiger partial charge in [0.25, 0.3) is 0 Å². The molecule has 0 fully saturated rings. The van der Waals surface area contributed by atoms with Crippen LogP contribution in [0.1, 0.15) is 19.4 Å². The van der Waals surface area contributed by atoms with Crippen molar-refractivity contribution in [1.29, 1.82) is 0 Å². The van der Waals surface area contributed by atoms with Crippen LogP contribution in [0.25, 0.3) is 0 Å². The summed E-state index contributed by atoms with van der Waals surface area (Å²) in [6.45, 7) is 5.55. The van der Waals surface area contributed by atoms with Crippen LogP contribution in [-0.4, -0.2) is 24.4 Å². The number of halogens is 1. The lowest BCUT2D eigenvalue weighted by Crippen LogP contribution is -2.46. The molecule has 1 rings (SSSR count). The molecule has 1 atom stereocenters. The molecule has 0 bridgehead atoms. The average molecular weight is 342 g/mol. The number of rotatable bonds is 5. The number of aryl methyl sites for hydroxylation is 1. The molecule has 0 saturated carbocycles. The molecule has 110 valence electrons. The molecule has 0 heterocycles. The molecule has 1 aromatic carbocycles. The largest absolute Gasteiger partial charge is 0.346 e. The molecule has 20 heavy (non-hydrogen) atoms. The van der Waals surface area contributed by atoms with E-state index < -0.39 is 6.04 Å². The van der Waals surface area contributed by atoms with Crippen molar-refractivity contribution in [2.24, 2.45) is 11.7 Å². The topological polar surface area (TPSA) is 84.2 Å². The Hall–Kier alpha value is -1.40. The molecule has 0 aliphatic carbocycles. The molecular weight excluding hydrogens is 322 g/mol.